The van der Waals surface area contributed by atoms with Crippen molar-refractivity contribution in [1.82, 2.24) is 9.62 Å². The molecule has 0 spiro atoms. The van der Waals surface area contributed by atoms with Gasteiger partial charge in [-0.15, -0.1) is 0 Å². The fourth-order valence-corrected chi connectivity index (χ4v) is 1.51. The summed E-state index contributed by atoms with van der Waals surface area (Å²) in [4.78, 5) is 3.99. The first-order valence-corrected chi connectivity index (χ1v) is 6.54. The second kappa shape index (κ2) is 6.39. The van der Waals surface area contributed by atoms with Crippen molar-refractivity contribution in [1.29, 1.82) is 5.41 Å². The quantitative estimate of drug-likeness (QED) is 0.649. The van der Waals surface area contributed by atoms with Gasteiger partial charge in [0.05, 0.1) is 6.26 Å². The molecule has 2 N–H and O–H groups in total. The van der Waals surface area contributed by atoms with Gasteiger partial charge in [0, 0.05) is 31.6 Å². The molecule has 16 heavy (non-hydrogen) atoms. The highest BCUT2D eigenvalue weighted by molar-refractivity contribution is 7.88. The monoisotopic (exact) mass is 246 g/mol. The third kappa shape index (κ3) is 4.11. The number of hydrogen-bond acceptors (Lipinski definition) is 5. The van der Waals surface area contributed by atoms with E-state index >= 15 is 0 Å². The summed E-state index contributed by atoms with van der Waals surface area (Å²) >= 11 is 0. The van der Waals surface area contributed by atoms with Crippen molar-refractivity contribution in [3.8, 4) is 0 Å². The Morgan fingerprint density at radius 2 is 2.12 bits per heavy atom. The average molecular weight is 246 g/mol. The fraction of sp³-hybridized carbons (Fsp3) is 0.556. The lowest BCUT2D eigenvalue weighted by Gasteiger charge is -2.19. The molecule has 0 unspecified atom stereocenters. The molecule has 0 aliphatic rings. The molecule has 0 fully saturated rings. The zero-order valence-electron chi connectivity index (χ0n) is 9.98. The summed E-state index contributed by atoms with van der Waals surface area (Å²) in [5.74, 6) is 0.259. The van der Waals surface area contributed by atoms with Crippen molar-refractivity contribution < 1.29 is 8.42 Å². The highest BCUT2D eigenvalue weighted by atomic mass is 32.2. The van der Waals surface area contributed by atoms with Gasteiger partial charge in [0.1, 0.15) is 5.82 Å². The first-order chi connectivity index (χ1) is 7.38. The lowest BCUT2D eigenvalue weighted by Crippen LogP contribution is -2.27. The summed E-state index contributed by atoms with van der Waals surface area (Å²) in [6.45, 7) is 2.08. The minimum Gasteiger partial charge on any atom is -0.315 e. The normalized spacial score (nSPS) is 13.8. The fourth-order valence-electron chi connectivity index (χ4n) is 1.03. The van der Waals surface area contributed by atoms with Crippen molar-refractivity contribution in [3.63, 3.8) is 0 Å². The van der Waals surface area contributed by atoms with Crippen LogP contribution >= 0.6 is 0 Å². The number of aliphatic imine (C=N–C) groups is 1. The van der Waals surface area contributed by atoms with E-state index in [9.17, 15) is 8.42 Å². The SMILES string of the molecule is C/C=N\C(=C(/C=N)CNC)N(C)S(C)(=O)=O. The first-order valence-electron chi connectivity index (χ1n) is 4.69. The van der Waals surface area contributed by atoms with Gasteiger partial charge in [-0.25, -0.2) is 13.4 Å². The van der Waals surface area contributed by atoms with Crippen LogP contribution in [0.2, 0.25) is 0 Å². The van der Waals surface area contributed by atoms with Gasteiger partial charge in [-0.05, 0) is 14.0 Å². The number of likely N-dealkylation sites (N-methyl/N-ethyl adjacent to an activating group) is 1. The largest absolute Gasteiger partial charge is 0.315 e. The Morgan fingerprint density at radius 3 is 2.44 bits per heavy atom. The molecule has 0 aromatic rings. The molecular weight excluding hydrogens is 228 g/mol. The van der Waals surface area contributed by atoms with E-state index in [1.807, 2.05) is 0 Å². The summed E-state index contributed by atoms with van der Waals surface area (Å²) in [5.41, 5.74) is 0.508. The predicted octanol–water partition coefficient (Wildman–Crippen LogP) is 0.0491. The highest BCUT2D eigenvalue weighted by Crippen LogP contribution is 2.12. The van der Waals surface area contributed by atoms with Crippen molar-refractivity contribution in [2.24, 2.45) is 4.99 Å². The second-order valence-corrected chi connectivity index (χ2v) is 5.16. The van der Waals surface area contributed by atoms with Gasteiger partial charge < -0.3 is 10.7 Å². The molecule has 0 bridgehead atoms. The van der Waals surface area contributed by atoms with E-state index < -0.39 is 10.0 Å². The number of sulfonamides is 1. The maximum Gasteiger partial charge on any atom is 0.233 e. The van der Waals surface area contributed by atoms with Gasteiger partial charge in [-0.1, -0.05) is 0 Å². The number of nitrogens with zero attached hydrogens (tertiary/aromatic N) is 2. The van der Waals surface area contributed by atoms with Crippen LogP contribution in [0.1, 0.15) is 6.92 Å². The maximum atomic E-state index is 11.4. The van der Waals surface area contributed by atoms with Crippen molar-refractivity contribution in [2.45, 2.75) is 6.92 Å². The van der Waals surface area contributed by atoms with Gasteiger partial charge in [0.15, 0.2) is 0 Å². The third-order valence-corrected chi connectivity index (χ3v) is 3.04. The van der Waals surface area contributed by atoms with Crippen LogP contribution in [0.15, 0.2) is 16.4 Å². The summed E-state index contributed by atoms with van der Waals surface area (Å²) in [6.07, 6.45) is 3.69. The number of nitrogens with one attached hydrogen (secondary N) is 2. The molecule has 0 saturated heterocycles. The lowest BCUT2D eigenvalue weighted by atomic mass is 10.3. The Kier molecular flexibility index (Phi) is 5.91. The van der Waals surface area contributed by atoms with Crippen LogP contribution in [0.5, 0.6) is 0 Å². The number of hydrogen-bond donors (Lipinski definition) is 2. The molecule has 6 nitrogen and oxygen atoms in total. The zero-order valence-corrected chi connectivity index (χ0v) is 10.8. The molecule has 0 aromatic heterocycles. The van der Waals surface area contributed by atoms with E-state index in [0.717, 1.165) is 16.8 Å². The van der Waals surface area contributed by atoms with Crippen molar-refractivity contribution in [2.75, 3.05) is 26.9 Å². The molecule has 0 amide bonds. The Hall–Kier alpha value is -1.21. The van der Waals surface area contributed by atoms with Crippen LogP contribution in [0.3, 0.4) is 0 Å². The maximum absolute atomic E-state index is 11.4. The van der Waals surface area contributed by atoms with Gasteiger partial charge in [0.2, 0.25) is 10.0 Å². The molecule has 0 atom stereocenters. The molecule has 7 heteroatoms. The Bertz CT molecular complexity index is 398. The summed E-state index contributed by atoms with van der Waals surface area (Å²) in [5, 5.41) is 10.1. The summed E-state index contributed by atoms with van der Waals surface area (Å²) in [6, 6.07) is 0. The molecular formula is C9H18N4O2S. The van der Waals surface area contributed by atoms with Gasteiger partial charge >= 0.3 is 0 Å². The van der Waals surface area contributed by atoms with Crippen LogP contribution < -0.4 is 5.32 Å². The molecule has 0 aromatic carbocycles. The van der Waals surface area contributed by atoms with Crippen LogP contribution in [0.25, 0.3) is 0 Å². The van der Waals surface area contributed by atoms with E-state index in [2.05, 4.69) is 10.3 Å². The van der Waals surface area contributed by atoms with Crippen LogP contribution in [-0.2, 0) is 10.0 Å². The third-order valence-electron chi connectivity index (χ3n) is 1.88. The minimum absolute atomic E-state index is 0.259. The van der Waals surface area contributed by atoms with Crippen LogP contribution in [0.4, 0.5) is 0 Å². The Balaban J connectivity index is 5.52. The van der Waals surface area contributed by atoms with E-state index in [1.54, 1.807) is 14.0 Å². The van der Waals surface area contributed by atoms with E-state index in [0.29, 0.717) is 12.1 Å². The second-order valence-electron chi connectivity index (χ2n) is 3.14. The van der Waals surface area contributed by atoms with E-state index in [-0.39, 0.29) is 5.82 Å². The Morgan fingerprint density at radius 1 is 1.56 bits per heavy atom. The minimum atomic E-state index is -3.37. The van der Waals surface area contributed by atoms with Crippen LogP contribution in [-0.4, -0.2) is 52.0 Å². The lowest BCUT2D eigenvalue weighted by molar-refractivity contribution is 0.525. The molecule has 0 aliphatic heterocycles. The van der Waals surface area contributed by atoms with Gasteiger partial charge in [0.25, 0.3) is 0 Å². The van der Waals surface area contributed by atoms with Crippen molar-refractivity contribution in [3.05, 3.63) is 11.4 Å². The smallest absolute Gasteiger partial charge is 0.233 e. The van der Waals surface area contributed by atoms with Gasteiger partial charge in [-0.2, -0.15) is 0 Å². The molecule has 0 rings (SSSR count). The van der Waals surface area contributed by atoms with E-state index in [1.165, 1.54) is 13.3 Å². The van der Waals surface area contributed by atoms with Crippen molar-refractivity contribution >= 4 is 22.5 Å². The molecule has 0 aliphatic carbocycles. The Labute approximate surface area is 96.6 Å². The topological polar surface area (TPSA) is 85.6 Å². The first kappa shape index (κ1) is 14.8. The zero-order chi connectivity index (χ0) is 12.8. The average Bonchev–Trinajstić information content (AvgIpc) is 2.21. The molecule has 0 radical (unpaired) electrons. The number of rotatable bonds is 6. The highest BCUT2D eigenvalue weighted by Gasteiger charge is 2.16. The predicted molar refractivity (Wildman–Crippen MR) is 66.5 cm³/mol. The summed E-state index contributed by atoms with van der Waals surface area (Å²) in [7, 11) is -0.234. The molecule has 0 saturated carbocycles. The van der Waals surface area contributed by atoms with Crippen LogP contribution in [0, 0.1) is 5.41 Å². The van der Waals surface area contributed by atoms with E-state index in [4.69, 9.17) is 5.41 Å². The standard InChI is InChI=1S/C9H18N4O2S/c1-5-12-9(8(6-10)7-11-2)13(3)16(4,14)15/h5-6,10-11H,7H2,1-4H3/b9-8-,10-6?,12-5-. The van der Waals surface area contributed by atoms with Gasteiger partial charge in [-0.3, -0.25) is 4.31 Å². The molecule has 0 heterocycles. The molecule has 92 valence electrons. The summed E-state index contributed by atoms with van der Waals surface area (Å²) < 4.78 is 23.8.